The third kappa shape index (κ3) is 6.58. The summed E-state index contributed by atoms with van der Waals surface area (Å²) in [5.74, 6) is -0.309. The van der Waals surface area contributed by atoms with E-state index in [0.29, 0.717) is 19.6 Å². The number of benzene rings is 1. The number of carbonyl (C=O) groups excluding carboxylic acids is 2. The first-order valence-corrected chi connectivity index (χ1v) is 8.41. The van der Waals surface area contributed by atoms with Crippen molar-refractivity contribution in [3.05, 3.63) is 24.3 Å². The molecule has 24 heavy (non-hydrogen) atoms. The van der Waals surface area contributed by atoms with Gasteiger partial charge in [-0.05, 0) is 44.5 Å². The number of nitrogens with zero attached hydrogens (tertiary/aromatic N) is 2. The van der Waals surface area contributed by atoms with Crippen molar-refractivity contribution in [3.8, 4) is 0 Å². The number of ether oxygens (including phenoxy) is 1. The van der Waals surface area contributed by atoms with Crippen molar-refractivity contribution in [2.45, 2.75) is 27.2 Å². The fourth-order valence-electron chi connectivity index (χ4n) is 2.47. The summed E-state index contributed by atoms with van der Waals surface area (Å²) in [7, 11) is 1.62. The van der Waals surface area contributed by atoms with E-state index in [4.69, 9.17) is 4.74 Å². The summed E-state index contributed by atoms with van der Waals surface area (Å²) < 4.78 is 4.98. The van der Waals surface area contributed by atoms with Crippen molar-refractivity contribution in [2.24, 2.45) is 0 Å². The summed E-state index contributed by atoms with van der Waals surface area (Å²) in [6.07, 6.45) is 0.710. The molecule has 2 amide bonds. The minimum atomic E-state index is -0.196. The van der Waals surface area contributed by atoms with E-state index in [1.165, 1.54) is 11.8 Å². The van der Waals surface area contributed by atoms with Crippen molar-refractivity contribution < 1.29 is 14.3 Å². The van der Waals surface area contributed by atoms with Gasteiger partial charge in [0.05, 0.1) is 6.54 Å². The maximum Gasteiger partial charge on any atom is 0.243 e. The molecule has 0 saturated heterocycles. The van der Waals surface area contributed by atoms with Crippen LogP contribution < -0.4 is 10.2 Å². The van der Waals surface area contributed by atoms with Gasteiger partial charge in [-0.3, -0.25) is 9.59 Å². The molecular weight excluding hydrogens is 306 g/mol. The zero-order chi connectivity index (χ0) is 17.9. The first-order valence-electron chi connectivity index (χ1n) is 8.41. The number of amides is 2. The molecule has 0 aliphatic rings. The average Bonchev–Trinajstić information content (AvgIpc) is 2.56. The van der Waals surface area contributed by atoms with Crippen LogP contribution in [0.2, 0.25) is 0 Å². The number of nitrogens with one attached hydrogen (secondary N) is 1. The highest BCUT2D eigenvalue weighted by Crippen LogP contribution is 2.17. The molecule has 0 bridgehead atoms. The first kappa shape index (κ1) is 20.0. The van der Waals surface area contributed by atoms with Crippen LogP contribution >= 0.6 is 0 Å². The van der Waals surface area contributed by atoms with Crippen LogP contribution in [-0.2, 0) is 14.3 Å². The summed E-state index contributed by atoms with van der Waals surface area (Å²) in [6.45, 7) is 8.71. The number of carbonyl (C=O) groups is 2. The predicted molar refractivity (Wildman–Crippen MR) is 97.4 cm³/mol. The second-order valence-electron chi connectivity index (χ2n) is 5.55. The summed E-state index contributed by atoms with van der Waals surface area (Å²) in [5.41, 5.74) is 1.86. The average molecular weight is 335 g/mol. The van der Waals surface area contributed by atoms with Crippen molar-refractivity contribution in [2.75, 3.05) is 50.1 Å². The van der Waals surface area contributed by atoms with Crippen molar-refractivity contribution >= 4 is 23.2 Å². The van der Waals surface area contributed by atoms with E-state index < -0.39 is 0 Å². The first-order chi connectivity index (χ1) is 11.5. The molecule has 1 rings (SSSR count). The maximum absolute atomic E-state index is 12.1. The molecule has 0 fully saturated rings. The Morgan fingerprint density at radius 3 is 2.25 bits per heavy atom. The van der Waals surface area contributed by atoms with Gasteiger partial charge >= 0.3 is 0 Å². The molecule has 0 aliphatic heterocycles. The topological polar surface area (TPSA) is 61.9 Å². The summed E-state index contributed by atoms with van der Waals surface area (Å²) in [6, 6.07) is 7.75. The zero-order valence-corrected chi connectivity index (χ0v) is 15.2. The Hall–Kier alpha value is -2.08. The number of methoxy groups -OCH3 is 1. The smallest absolute Gasteiger partial charge is 0.243 e. The van der Waals surface area contributed by atoms with Gasteiger partial charge in [-0.15, -0.1) is 0 Å². The maximum atomic E-state index is 12.1. The lowest BCUT2D eigenvalue weighted by atomic mass is 10.2. The van der Waals surface area contributed by atoms with Crippen molar-refractivity contribution in [1.29, 1.82) is 0 Å². The molecule has 0 unspecified atom stereocenters. The van der Waals surface area contributed by atoms with Gasteiger partial charge in [0.1, 0.15) is 0 Å². The Morgan fingerprint density at radius 1 is 1.12 bits per heavy atom. The van der Waals surface area contributed by atoms with Crippen LogP contribution in [-0.4, -0.2) is 56.6 Å². The third-order valence-electron chi connectivity index (χ3n) is 3.84. The van der Waals surface area contributed by atoms with E-state index in [0.717, 1.165) is 24.5 Å². The SMILES string of the molecule is CCN(CC)c1ccc(NC(=O)CN(CCCOC)C(C)=O)cc1. The molecule has 0 aliphatic carbocycles. The Balaban J connectivity index is 2.58. The minimum absolute atomic E-state index is 0.0524. The van der Waals surface area contributed by atoms with Gasteiger partial charge in [0.2, 0.25) is 11.8 Å². The second-order valence-corrected chi connectivity index (χ2v) is 5.55. The standard InChI is InChI=1S/C18H29N3O3/c1-5-20(6-2)17-10-8-16(9-11-17)19-18(23)14-21(15(3)22)12-7-13-24-4/h8-11H,5-7,12-14H2,1-4H3,(H,19,23). The monoisotopic (exact) mass is 335 g/mol. The van der Waals surface area contributed by atoms with E-state index in [-0.39, 0.29) is 18.4 Å². The Bertz CT molecular complexity index is 513. The van der Waals surface area contributed by atoms with E-state index in [1.807, 2.05) is 24.3 Å². The van der Waals surface area contributed by atoms with E-state index in [2.05, 4.69) is 24.1 Å². The number of hydrogen-bond acceptors (Lipinski definition) is 4. The quantitative estimate of drug-likeness (QED) is 0.667. The van der Waals surface area contributed by atoms with Gasteiger partial charge in [0, 0.05) is 51.6 Å². The lowest BCUT2D eigenvalue weighted by Crippen LogP contribution is -2.37. The van der Waals surface area contributed by atoms with Crippen molar-refractivity contribution in [1.82, 2.24) is 4.90 Å². The molecular formula is C18H29N3O3. The largest absolute Gasteiger partial charge is 0.385 e. The van der Waals surface area contributed by atoms with Crippen LogP contribution in [0.1, 0.15) is 27.2 Å². The zero-order valence-electron chi connectivity index (χ0n) is 15.2. The van der Waals surface area contributed by atoms with Gasteiger partial charge in [-0.25, -0.2) is 0 Å². The van der Waals surface area contributed by atoms with E-state index in [1.54, 1.807) is 7.11 Å². The Kier molecular flexibility index (Phi) is 8.86. The molecule has 0 spiro atoms. The van der Waals surface area contributed by atoms with Crippen LogP contribution in [0, 0.1) is 0 Å². The lowest BCUT2D eigenvalue weighted by Gasteiger charge is -2.22. The minimum Gasteiger partial charge on any atom is -0.385 e. The van der Waals surface area contributed by atoms with Crippen molar-refractivity contribution in [3.63, 3.8) is 0 Å². The van der Waals surface area contributed by atoms with E-state index in [9.17, 15) is 9.59 Å². The second kappa shape index (κ2) is 10.6. The number of anilines is 2. The Labute approximate surface area is 144 Å². The molecule has 1 N–H and O–H groups in total. The molecule has 0 atom stereocenters. The summed E-state index contributed by atoms with van der Waals surface area (Å²) in [5, 5.41) is 2.84. The Morgan fingerprint density at radius 2 is 1.75 bits per heavy atom. The van der Waals surface area contributed by atoms with Gasteiger partial charge < -0.3 is 19.9 Å². The normalized spacial score (nSPS) is 10.3. The lowest BCUT2D eigenvalue weighted by molar-refractivity contribution is -0.132. The third-order valence-corrected chi connectivity index (χ3v) is 3.84. The van der Waals surface area contributed by atoms with Gasteiger partial charge in [-0.1, -0.05) is 0 Å². The van der Waals surface area contributed by atoms with Gasteiger partial charge in [0.15, 0.2) is 0 Å². The fourth-order valence-corrected chi connectivity index (χ4v) is 2.47. The van der Waals surface area contributed by atoms with Crippen LogP contribution in [0.3, 0.4) is 0 Å². The summed E-state index contributed by atoms with van der Waals surface area (Å²) in [4.78, 5) is 27.5. The molecule has 1 aromatic rings. The molecule has 0 saturated carbocycles. The molecule has 6 nitrogen and oxygen atoms in total. The number of hydrogen-bond donors (Lipinski definition) is 1. The molecule has 0 aromatic heterocycles. The highest BCUT2D eigenvalue weighted by Gasteiger charge is 2.13. The summed E-state index contributed by atoms with van der Waals surface area (Å²) >= 11 is 0. The van der Waals surface area contributed by atoms with Crippen LogP contribution in [0.25, 0.3) is 0 Å². The van der Waals surface area contributed by atoms with E-state index >= 15 is 0 Å². The van der Waals surface area contributed by atoms with Gasteiger partial charge in [0.25, 0.3) is 0 Å². The van der Waals surface area contributed by atoms with Crippen LogP contribution in [0.5, 0.6) is 0 Å². The van der Waals surface area contributed by atoms with Crippen LogP contribution in [0.4, 0.5) is 11.4 Å². The predicted octanol–water partition coefficient (Wildman–Crippen LogP) is 2.36. The highest BCUT2D eigenvalue weighted by molar-refractivity contribution is 5.94. The molecule has 1 aromatic carbocycles. The molecule has 0 heterocycles. The molecule has 134 valence electrons. The highest BCUT2D eigenvalue weighted by atomic mass is 16.5. The molecule has 0 radical (unpaired) electrons. The fraction of sp³-hybridized carbons (Fsp3) is 0.556. The van der Waals surface area contributed by atoms with Gasteiger partial charge in [-0.2, -0.15) is 0 Å². The van der Waals surface area contributed by atoms with Crippen LogP contribution in [0.15, 0.2) is 24.3 Å². The molecule has 6 heteroatoms. The number of rotatable bonds is 10.